The van der Waals surface area contributed by atoms with Gasteiger partial charge in [-0.25, -0.2) is 4.98 Å². The number of fused-ring (bicyclic) bond motifs is 1. The summed E-state index contributed by atoms with van der Waals surface area (Å²) in [6, 6.07) is -1.26. The van der Waals surface area contributed by atoms with E-state index in [1.54, 1.807) is 22.7 Å². The highest BCUT2D eigenvalue weighted by atomic mass is 16.5. The summed E-state index contributed by atoms with van der Waals surface area (Å²) >= 11 is 0. The molecule has 0 aliphatic carbocycles. The number of amides is 1. The lowest BCUT2D eigenvalue weighted by molar-refractivity contribution is -0.201. The van der Waals surface area contributed by atoms with Crippen LogP contribution in [0.4, 0.5) is 11.8 Å². The number of carboxylic acids is 1. The van der Waals surface area contributed by atoms with Gasteiger partial charge in [-0.1, -0.05) is 0 Å². The van der Waals surface area contributed by atoms with Crippen LogP contribution in [0.2, 0.25) is 0 Å². The summed E-state index contributed by atoms with van der Waals surface area (Å²) in [5.41, 5.74) is 16.7. The number of nitrogens with two attached hydrogens (primary N) is 3. The standard InChI is InChI=1S/C20H30N8O5/c1-19(32)9-33-20(4-6-27(7-5-20)17(31)11(21)2-3-13(29)30)8-12(19)28-10-24-14-15(22)25-18(23)26-16(14)28/h10-12,32H,2-9,21H2,1H3,(H,29,30)(H4,22,23,25,26)/t11-,12-,19-/m0/s1. The van der Waals surface area contributed by atoms with Gasteiger partial charge in [0.15, 0.2) is 11.5 Å². The Labute approximate surface area is 189 Å². The smallest absolute Gasteiger partial charge is 0.303 e. The minimum absolute atomic E-state index is 0.0224. The third-order valence-corrected chi connectivity index (χ3v) is 6.73. The Balaban J connectivity index is 1.50. The van der Waals surface area contributed by atoms with Crippen molar-refractivity contribution in [3.05, 3.63) is 6.33 Å². The van der Waals surface area contributed by atoms with E-state index in [0.717, 1.165) is 0 Å². The molecule has 0 saturated carbocycles. The van der Waals surface area contributed by atoms with Crippen LogP contribution in [0, 0.1) is 0 Å². The SMILES string of the molecule is C[C@]1(O)COC2(CCN(C(=O)[C@@H](N)CCC(=O)O)CC2)C[C@@H]1n1cnc2c(N)nc(N)nc21. The minimum Gasteiger partial charge on any atom is -0.481 e. The van der Waals surface area contributed by atoms with Gasteiger partial charge in [-0.2, -0.15) is 9.97 Å². The first-order valence-electron chi connectivity index (χ1n) is 10.9. The number of imidazole rings is 1. The number of rotatable bonds is 5. The molecule has 1 amide bonds. The summed E-state index contributed by atoms with van der Waals surface area (Å²) in [4.78, 5) is 37.6. The lowest BCUT2D eigenvalue weighted by Crippen LogP contribution is -2.58. The molecular weight excluding hydrogens is 432 g/mol. The molecule has 0 radical (unpaired) electrons. The number of piperidine rings is 1. The summed E-state index contributed by atoms with van der Waals surface area (Å²) < 4.78 is 7.94. The van der Waals surface area contributed by atoms with E-state index in [2.05, 4.69) is 15.0 Å². The molecule has 33 heavy (non-hydrogen) atoms. The number of nitrogens with zero attached hydrogens (tertiary/aromatic N) is 5. The number of aliphatic carboxylic acids is 1. The summed E-state index contributed by atoms with van der Waals surface area (Å²) in [6.07, 6.45) is 3.11. The van der Waals surface area contributed by atoms with Crippen molar-refractivity contribution in [1.29, 1.82) is 0 Å². The van der Waals surface area contributed by atoms with Crippen LogP contribution < -0.4 is 17.2 Å². The van der Waals surface area contributed by atoms with Crippen LogP contribution in [0.15, 0.2) is 6.33 Å². The highest BCUT2D eigenvalue weighted by molar-refractivity contribution is 5.83. The van der Waals surface area contributed by atoms with E-state index in [4.69, 9.17) is 27.0 Å². The molecule has 8 N–H and O–H groups in total. The molecule has 13 nitrogen and oxygen atoms in total. The molecule has 2 aromatic heterocycles. The molecular formula is C20H30N8O5. The van der Waals surface area contributed by atoms with Gasteiger partial charge >= 0.3 is 5.97 Å². The van der Waals surface area contributed by atoms with Crippen LogP contribution in [0.1, 0.15) is 45.1 Å². The molecule has 2 saturated heterocycles. The molecule has 4 rings (SSSR count). The van der Waals surface area contributed by atoms with Crippen molar-refractivity contribution in [2.24, 2.45) is 5.73 Å². The van der Waals surface area contributed by atoms with E-state index in [-0.39, 0.29) is 37.1 Å². The predicted octanol–water partition coefficient (Wildman–Crippen LogP) is -0.744. The number of anilines is 2. The first-order chi connectivity index (χ1) is 15.5. The fraction of sp³-hybridized carbons (Fsp3) is 0.650. The van der Waals surface area contributed by atoms with Crippen molar-refractivity contribution in [1.82, 2.24) is 24.4 Å². The van der Waals surface area contributed by atoms with Crippen LogP contribution in [0.3, 0.4) is 0 Å². The Bertz CT molecular complexity index is 1060. The molecule has 2 fully saturated rings. The van der Waals surface area contributed by atoms with Crippen LogP contribution in [0.25, 0.3) is 11.2 Å². The van der Waals surface area contributed by atoms with E-state index in [9.17, 15) is 14.7 Å². The maximum atomic E-state index is 12.6. The van der Waals surface area contributed by atoms with Gasteiger partial charge in [0.1, 0.15) is 11.1 Å². The molecule has 1 spiro atoms. The molecule has 2 aromatic rings. The van der Waals surface area contributed by atoms with Gasteiger partial charge in [0.05, 0.1) is 30.6 Å². The van der Waals surface area contributed by atoms with Gasteiger partial charge in [-0.3, -0.25) is 9.59 Å². The average molecular weight is 463 g/mol. The van der Waals surface area contributed by atoms with Crippen molar-refractivity contribution in [3.63, 3.8) is 0 Å². The van der Waals surface area contributed by atoms with Crippen molar-refractivity contribution in [2.45, 2.75) is 62.3 Å². The van der Waals surface area contributed by atoms with E-state index in [1.807, 2.05) is 0 Å². The second-order valence-corrected chi connectivity index (χ2v) is 9.20. The number of hydrogen-bond donors (Lipinski definition) is 5. The first kappa shape index (κ1) is 23.1. The van der Waals surface area contributed by atoms with Crippen LogP contribution >= 0.6 is 0 Å². The van der Waals surface area contributed by atoms with Gasteiger partial charge < -0.3 is 41.6 Å². The number of ether oxygens (including phenoxy) is 1. The second-order valence-electron chi connectivity index (χ2n) is 9.20. The lowest BCUT2D eigenvalue weighted by atomic mass is 9.77. The normalized spacial score (nSPS) is 25.9. The first-order valence-corrected chi connectivity index (χ1v) is 10.9. The molecule has 4 heterocycles. The fourth-order valence-electron chi connectivity index (χ4n) is 4.73. The van der Waals surface area contributed by atoms with Crippen molar-refractivity contribution < 1.29 is 24.5 Å². The molecule has 0 bridgehead atoms. The number of aliphatic hydroxyl groups is 1. The Morgan fingerprint density at radius 2 is 2.00 bits per heavy atom. The van der Waals surface area contributed by atoms with Gasteiger partial charge in [0.2, 0.25) is 11.9 Å². The number of carbonyl (C=O) groups excluding carboxylic acids is 1. The quantitative estimate of drug-likeness (QED) is 0.373. The van der Waals surface area contributed by atoms with Crippen molar-refractivity contribution in [2.75, 3.05) is 31.2 Å². The van der Waals surface area contributed by atoms with Gasteiger partial charge in [-0.05, 0) is 26.2 Å². The fourth-order valence-corrected chi connectivity index (χ4v) is 4.73. The molecule has 2 aliphatic rings. The summed E-state index contributed by atoms with van der Waals surface area (Å²) in [7, 11) is 0. The number of carbonyl (C=O) groups is 2. The Morgan fingerprint density at radius 1 is 1.30 bits per heavy atom. The van der Waals surface area contributed by atoms with E-state index < -0.39 is 29.3 Å². The molecule has 0 aromatic carbocycles. The van der Waals surface area contributed by atoms with Gasteiger partial charge in [0.25, 0.3) is 0 Å². The minimum atomic E-state index is -1.19. The topological polar surface area (TPSA) is 209 Å². The van der Waals surface area contributed by atoms with E-state index in [0.29, 0.717) is 43.5 Å². The van der Waals surface area contributed by atoms with Gasteiger partial charge in [0, 0.05) is 25.9 Å². The van der Waals surface area contributed by atoms with E-state index in [1.165, 1.54) is 0 Å². The summed E-state index contributed by atoms with van der Waals surface area (Å²) in [5, 5.41) is 19.9. The Kier molecular flexibility index (Phi) is 5.88. The molecule has 180 valence electrons. The average Bonchev–Trinajstić information content (AvgIpc) is 3.18. The van der Waals surface area contributed by atoms with Crippen molar-refractivity contribution in [3.8, 4) is 0 Å². The molecule has 13 heteroatoms. The van der Waals surface area contributed by atoms with Crippen LogP contribution in [-0.2, 0) is 14.3 Å². The Morgan fingerprint density at radius 3 is 2.67 bits per heavy atom. The second kappa shape index (κ2) is 8.39. The third-order valence-electron chi connectivity index (χ3n) is 6.73. The van der Waals surface area contributed by atoms with Gasteiger partial charge in [-0.15, -0.1) is 0 Å². The third kappa shape index (κ3) is 4.43. The monoisotopic (exact) mass is 462 g/mol. The molecule has 3 atom stereocenters. The zero-order valence-corrected chi connectivity index (χ0v) is 18.5. The largest absolute Gasteiger partial charge is 0.481 e. The maximum absolute atomic E-state index is 12.6. The molecule has 2 aliphatic heterocycles. The number of aromatic nitrogens is 4. The number of hydrogen-bond acceptors (Lipinski definition) is 10. The lowest BCUT2D eigenvalue weighted by Gasteiger charge is -2.51. The van der Waals surface area contributed by atoms with Crippen LogP contribution in [0.5, 0.6) is 0 Å². The van der Waals surface area contributed by atoms with Crippen molar-refractivity contribution >= 4 is 34.8 Å². The number of carboxylic acid groups (broad SMARTS) is 1. The molecule has 0 unspecified atom stereocenters. The van der Waals surface area contributed by atoms with Crippen LogP contribution in [-0.4, -0.2) is 83.4 Å². The summed E-state index contributed by atoms with van der Waals surface area (Å²) in [5.74, 6) is -1.04. The summed E-state index contributed by atoms with van der Waals surface area (Å²) in [6.45, 7) is 2.66. The predicted molar refractivity (Wildman–Crippen MR) is 118 cm³/mol. The highest BCUT2D eigenvalue weighted by Crippen LogP contribution is 2.44. The highest BCUT2D eigenvalue weighted by Gasteiger charge is 2.50. The Hall–Kier alpha value is -3.03. The number of nitrogen functional groups attached to an aromatic ring is 2. The number of likely N-dealkylation sites (tertiary alicyclic amines) is 1. The zero-order chi connectivity index (χ0) is 24.0. The maximum Gasteiger partial charge on any atom is 0.303 e. The van der Waals surface area contributed by atoms with E-state index >= 15 is 0 Å². The zero-order valence-electron chi connectivity index (χ0n) is 18.5.